The molecule has 0 fully saturated rings. The number of hydrogen-bond acceptors (Lipinski definition) is 3. The summed E-state index contributed by atoms with van der Waals surface area (Å²) in [5.41, 5.74) is 2.00. The number of nitrogens with zero attached hydrogens (tertiary/aromatic N) is 1. The van der Waals surface area contributed by atoms with Gasteiger partial charge in [-0.1, -0.05) is 12.1 Å². The lowest BCUT2D eigenvalue weighted by molar-refractivity contribution is 0.237. The van der Waals surface area contributed by atoms with Crippen LogP contribution < -0.4 is 15.4 Å². The highest BCUT2D eigenvalue weighted by atomic mass is 16.5. The first-order chi connectivity index (χ1) is 10.2. The number of rotatable bonds is 5. The Bertz CT molecular complexity index is 587. The molecule has 0 saturated carbocycles. The van der Waals surface area contributed by atoms with Crippen LogP contribution in [0.4, 0.5) is 4.79 Å². The normalized spacial score (nSPS) is 11.5. The minimum Gasteiger partial charge on any atom is -0.497 e. The van der Waals surface area contributed by atoms with E-state index in [1.54, 1.807) is 19.5 Å². The first-order valence-electron chi connectivity index (χ1n) is 6.76. The van der Waals surface area contributed by atoms with Crippen molar-refractivity contribution < 1.29 is 9.53 Å². The zero-order chi connectivity index (χ0) is 15.1. The largest absolute Gasteiger partial charge is 0.497 e. The van der Waals surface area contributed by atoms with E-state index in [0.717, 1.165) is 16.9 Å². The molecule has 5 heteroatoms. The maximum absolute atomic E-state index is 11.9. The molecular weight excluding hydrogens is 266 g/mol. The molecule has 5 nitrogen and oxygen atoms in total. The van der Waals surface area contributed by atoms with Crippen molar-refractivity contribution in [2.45, 2.75) is 19.5 Å². The van der Waals surface area contributed by atoms with Gasteiger partial charge in [0.15, 0.2) is 0 Å². The molecule has 110 valence electrons. The zero-order valence-electron chi connectivity index (χ0n) is 12.2. The highest BCUT2D eigenvalue weighted by Crippen LogP contribution is 2.12. The molecule has 1 aromatic carbocycles. The standard InChI is InChI=1S/C16H19N3O2/c1-12(14-6-8-17-9-7-14)19-16(20)18-11-13-4-3-5-15(10-13)21-2/h3-10,12H,11H2,1-2H3,(H2,18,19,20). The van der Waals surface area contributed by atoms with E-state index in [-0.39, 0.29) is 12.1 Å². The summed E-state index contributed by atoms with van der Waals surface area (Å²) in [6.45, 7) is 2.38. The Morgan fingerprint density at radius 1 is 1.29 bits per heavy atom. The maximum Gasteiger partial charge on any atom is 0.315 e. The molecule has 0 radical (unpaired) electrons. The van der Waals surface area contributed by atoms with Crippen LogP contribution in [0.1, 0.15) is 24.1 Å². The fourth-order valence-electron chi connectivity index (χ4n) is 1.95. The number of methoxy groups -OCH3 is 1. The summed E-state index contributed by atoms with van der Waals surface area (Å²) >= 11 is 0. The second-order valence-electron chi connectivity index (χ2n) is 4.68. The van der Waals surface area contributed by atoms with E-state index in [9.17, 15) is 4.79 Å². The van der Waals surface area contributed by atoms with Crippen LogP contribution in [0.2, 0.25) is 0 Å². The van der Waals surface area contributed by atoms with Gasteiger partial charge in [0.05, 0.1) is 13.2 Å². The van der Waals surface area contributed by atoms with E-state index in [2.05, 4.69) is 15.6 Å². The van der Waals surface area contributed by atoms with E-state index in [1.807, 2.05) is 43.3 Å². The summed E-state index contributed by atoms with van der Waals surface area (Å²) in [6.07, 6.45) is 3.42. The van der Waals surface area contributed by atoms with Gasteiger partial charge in [-0.15, -0.1) is 0 Å². The van der Waals surface area contributed by atoms with Crippen molar-refractivity contribution in [3.63, 3.8) is 0 Å². The lowest BCUT2D eigenvalue weighted by atomic mass is 10.1. The van der Waals surface area contributed by atoms with Crippen molar-refractivity contribution in [2.24, 2.45) is 0 Å². The van der Waals surface area contributed by atoms with E-state index in [1.165, 1.54) is 0 Å². The maximum atomic E-state index is 11.9. The zero-order valence-corrected chi connectivity index (χ0v) is 12.2. The van der Waals surface area contributed by atoms with Crippen LogP contribution in [0.3, 0.4) is 0 Å². The van der Waals surface area contributed by atoms with Gasteiger partial charge in [-0.25, -0.2) is 4.79 Å². The Kier molecular flexibility index (Phi) is 5.15. The van der Waals surface area contributed by atoms with Gasteiger partial charge in [-0.2, -0.15) is 0 Å². The van der Waals surface area contributed by atoms with E-state index >= 15 is 0 Å². The van der Waals surface area contributed by atoms with Crippen LogP contribution in [0, 0.1) is 0 Å². The van der Waals surface area contributed by atoms with Crippen molar-refractivity contribution in [1.29, 1.82) is 0 Å². The SMILES string of the molecule is COc1cccc(CNC(=O)NC(C)c2ccncc2)c1. The Morgan fingerprint density at radius 2 is 2.05 bits per heavy atom. The van der Waals surface area contributed by atoms with Gasteiger partial charge in [-0.3, -0.25) is 4.98 Å². The molecule has 0 saturated heterocycles. The molecule has 2 N–H and O–H groups in total. The van der Waals surface area contributed by atoms with Crippen LogP contribution in [0.15, 0.2) is 48.8 Å². The van der Waals surface area contributed by atoms with Crippen molar-refractivity contribution in [2.75, 3.05) is 7.11 Å². The fourth-order valence-corrected chi connectivity index (χ4v) is 1.95. The molecule has 2 aromatic rings. The van der Waals surface area contributed by atoms with Crippen LogP contribution >= 0.6 is 0 Å². The molecule has 0 aliphatic rings. The smallest absolute Gasteiger partial charge is 0.315 e. The van der Waals surface area contributed by atoms with E-state index < -0.39 is 0 Å². The number of urea groups is 1. The second kappa shape index (κ2) is 7.28. The summed E-state index contributed by atoms with van der Waals surface area (Å²) in [5.74, 6) is 0.778. The monoisotopic (exact) mass is 285 g/mol. The average Bonchev–Trinajstić information content (AvgIpc) is 2.54. The average molecular weight is 285 g/mol. The molecule has 1 aromatic heterocycles. The predicted molar refractivity (Wildman–Crippen MR) is 81.0 cm³/mol. The highest BCUT2D eigenvalue weighted by Gasteiger charge is 2.08. The van der Waals surface area contributed by atoms with Crippen molar-refractivity contribution >= 4 is 6.03 Å². The minimum absolute atomic E-state index is 0.0710. The molecule has 0 bridgehead atoms. The number of ether oxygens (including phenoxy) is 1. The topological polar surface area (TPSA) is 63.2 Å². The minimum atomic E-state index is -0.206. The number of carbonyl (C=O) groups is 1. The summed E-state index contributed by atoms with van der Waals surface area (Å²) < 4.78 is 5.15. The van der Waals surface area contributed by atoms with Crippen molar-refractivity contribution in [1.82, 2.24) is 15.6 Å². The number of amides is 2. The fraction of sp³-hybridized carbons (Fsp3) is 0.250. The van der Waals surface area contributed by atoms with Crippen molar-refractivity contribution in [3.8, 4) is 5.75 Å². The summed E-state index contributed by atoms with van der Waals surface area (Å²) in [5, 5.41) is 5.72. The van der Waals surface area contributed by atoms with Crippen LogP contribution in [-0.4, -0.2) is 18.1 Å². The van der Waals surface area contributed by atoms with Gasteiger partial charge >= 0.3 is 6.03 Å². The van der Waals surface area contributed by atoms with Gasteiger partial charge in [0.2, 0.25) is 0 Å². The number of pyridine rings is 1. The van der Waals surface area contributed by atoms with Crippen molar-refractivity contribution in [3.05, 3.63) is 59.9 Å². The molecule has 0 aliphatic carbocycles. The third-order valence-electron chi connectivity index (χ3n) is 3.14. The van der Waals surface area contributed by atoms with Gasteiger partial charge in [0.1, 0.15) is 5.75 Å². The Hall–Kier alpha value is -2.56. The highest BCUT2D eigenvalue weighted by molar-refractivity contribution is 5.74. The second-order valence-corrected chi connectivity index (χ2v) is 4.68. The number of hydrogen-bond donors (Lipinski definition) is 2. The van der Waals surface area contributed by atoms with Gasteiger partial charge in [0, 0.05) is 18.9 Å². The molecule has 1 heterocycles. The van der Waals surface area contributed by atoms with E-state index in [4.69, 9.17) is 4.74 Å². The molecule has 21 heavy (non-hydrogen) atoms. The van der Waals surface area contributed by atoms with Crippen LogP contribution in [-0.2, 0) is 6.54 Å². The van der Waals surface area contributed by atoms with Crippen LogP contribution in [0.25, 0.3) is 0 Å². The van der Waals surface area contributed by atoms with Gasteiger partial charge < -0.3 is 15.4 Å². The molecule has 1 atom stereocenters. The third kappa shape index (κ3) is 4.49. The van der Waals surface area contributed by atoms with Gasteiger partial charge in [0.25, 0.3) is 0 Å². The molecule has 2 amide bonds. The molecule has 1 unspecified atom stereocenters. The molecule has 0 spiro atoms. The molecular formula is C16H19N3O2. The summed E-state index contributed by atoms with van der Waals surface area (Å²) in [6, 6.07) is 11.1. The first-order valence-corrected chi connectivity index (χ1v) is 6.76. The Labute approximate surface area is 124 Å². The van der Waals surface area contributed by atoms with Crippen LogP contribution in [0.5, 0.6) is 5.75 Å². The molecule has 0 aliphatic heterocycles. The number of nitrogens with one attached hydrogen (secondary N) is 2. The molecule has 2 rings (SSSR count). The lowest BCUT2D eigenvalue weighted by Crippen LogP contribution is -2.36. The quantitative estimate of drug-likeness (QED) is 0.887. The third-order valence-corrected chi connectivity index (χ3v) is 3.14. The Balaban J connectivity index is 1.84. The lowest BCUT2D eigenvalue weighted by Gasteiger charge is -2.15. The van der Waals surface area contributed by atoms with E-state index in [0.29, 0.717) is 6.54 Å². The first kappa shape index (κ1) is 14.8. The summed E-state index contributed by atoms with van der Waals surface area (Å²) in [4.78, 5) is 15.8. The predicted octanol–water partition coefficient (Wildman–Crippen LogP) is 2.65. The number of benzene rings is 1. The number of aromatic nitrogens is 1. The van der Waals surface area contributed by atoms with Gasteiger partial charge in [-0.05, 0) is 42.3 Å². The number of carbonyl (C=O) groups excluding carboxylic acids is 1. The summed E-state index contributed by atoms with van der Waals surface area (Å²) in [7, 11) is 1.62. The Morgan fingerprint density at radius 3 is 2.76 bits per heavy atom.